The Labute approximate surface area is 162 Å². The molecule has 2 N–H and O–H groups in total. The van der Waals surface area contributed by atoms with Gasteiger partial charge in [0.05, 0.1) is 5.69 Å². The van der Waals surface area contributed by atoms with Gasteiger partial charge in [-0.15, -0.1) is 0 Å². The van der Waals surface area contributed by atoms with E-state index in [1.165, 1.54) is 12.1 Å². The Morgan fingerprint density at radius 3 is 2.39 bits per heavy atom. The summed E-state index contributed by atoms with van der Waals surface area (Å²) in [4.78, 5) is 13.1. The van der Waals surface area contributed by atoms with Crippen LogP contribution >= 0.6 is 0 Å². The summed E-state index contributed by atoms with van der Waals surface area (Å²) in [7, 11) is 0. The largest absolute Gasteiger partial charge is 0.435 e. The summed E-state index contributed by atoms with van der Waals surface area (Å²) in [6.45, 7) is 1.28. The van der Waals surface area contributed by atoms with E-state index >= 15 is 0 Å². The number of hydrogen-bond acceptors (Lipinski definition) is 6. The normalized spacial score (nSPS) is 11.9. The summed E-state index contributed by atoms with van der Waals surface area (Å²) in [6.07, 6.45) is 4.33. The van der Waals surface area contributed by atoms with Gasteiger partial charge in [-0.2, -0.15) is 13.8 Å². The van der Waals surface area contributed by atoms with Crippen LogP contribution in [0.1, 0.15) is 20.3 Å². The van der Waals surface area contributed by atoms with Crippen LogP contribution in [0.5, 0.6) is 5.75 Å². The number of anilines is 3. The van der Waals surface area contributed by atoms with Crippen LogP contribution < -0.4 is 15.4 Å². The van der Waals surface area contributed by atoms with E-state index in [9.17, 15) is 8.78 Å². The smallest absolute Gasteiger partial charge is 0.387 e. The lowest BCUT2D eigenvalue weighted by Crippen LogP contribution is -2.16. The molecule has 0 amide bonds. The first-order valence-corrected chi connectivity index (χ1v) is 8.91. The van der Waals surface area contributed by atoms with Gasteiger partial charge in [-0.25, -0.2) is 4.98 Å². The number of pyridine rings is 1. The van der Waals surface area contributed by atoms with Crippen molar-refractivity contribution in [1.82, 2.24) is 15.0 Å². The standard InChI is InChI=1S/C20H21F2N5O/c1-3-13(2)24-20-26-17(14-8-10-23-11-9-14)12-18(27-20)25-15-4-6-16(7-5-15)28-19(21)22/h4-13,19H,3H2,1-2H3,(H2,24,25,26,27)/t13-/m0/s1. The number of halogens is 2. The van der Waals surface area contributed by atoms with Gasteiger partial charge in [0.15, 0.2) is 0 Å². The maximum Gasteiger partial charge on any atom is 0.387 e. The minimum atomic E-state index is -2.85. The van der Waals surface area contributed by atoms with Crippen molar-refractivity contribution in [3.05, 3.63) is 54.9 Å². The molecule has 28 heavy (non-hydrogen) atoms. The van der Waals surface area contributed by atoms with E-state index < -0.39 is 6.61 Å². The predicted octanol–water partition coefficient (Wildman–Crippen LogP) is 5.09. The zero-order valence-corrected chi connectivity index (χ0v) is 15.6. The molecule has 3 aromatic rings. The van der Waals surface area contributed by atoms with E-state index in [-0.39, 0.29) is 11.8 Å². The predicted molar refractivity (Wildman–Crippen MR) is 105 cm³/mol. The van der Waals surface area contributed by atoms with Gasteiger partial charge in [-0.3, -0.25) is 4.98 Å². The van der Waals surface area contributed by atoms with E-state index in [4.69, 9.17) is 0 Å². The summed E-state index contributed by atoms with van der Waals surface area (Å²) in [5, 5.41) is 6.45. The van der Waals surface area contributed by atoms with E-state index in [0.29, 0.717) is 17.5 Å². The number of hydrogen-bond donors (Lipinski definition) is 2. The molecule has 0 aliphatic carbocycles. The first kappa shape index (κ1) is 19.5. The Hall–Kier alpha value is -3.29. The zero-order valence-electron chi connectivity index (χ0n) is 15.6. The number of benzene rings is 1. The molecule has 2 heterocycles. The van der Waals surface area contributed by atoms with E-state index in [1.807, 2.05) is 18.2 Å². The highest BCUT2D eigenvalue weighted by atomic mass is 19.3. The van der Waals surface area contributed by atoms with Crippen LogP contribution in [0, 0.1) is 0 Å². The fourth-order valence-electron chi connectivity index (χ4n) is 2.44. The summed E-state index contributed by atoms with van der Waals surface area (Å²) in [5.41, 5.74) is 2.34. The SMILES string of the molecule is CC[C@H](C)Nc1nc(Nc2ccc(OC(F)F)cc2)cc(-c2ccncc2)n1. The van der Waals surface area contributed by atoms with Crippen molar-refractivity contribution in [3.63, 3.8) is 0 Å². The monoisotopic (exact) mass is 385 g/mol. The van der Waals surface area contributed by atoms with E-state index in [0.717, 1.165) is 17.7 Å². The highest BCUT2D eigenvalue weighted by Crippen LogP contribution is 2.25. The van der Waals surface area contributed by atoms with Gasteiger partial charge in [-0.1, -0.05) is 6.92 Å². The Morgan fingerprint density at radius 2 is 1.75 bits per heavy atom. The summed E-state index contributed by atoms with van der Waals surface area (Å²) in [5.74, 6) is 1.18. The molecule has 1 atom stereocenters. The molecule has 0 saturated carbocycles. The number of nitrogens with zero attached hydrogens (tertiary/aromatic N) is 3. The van der Waals surface area contributed by atoms with Gasteiger partial charge in [0, 0.05) is 35.8 Å². The maximum atomic E-state index is 12.3. The van der Waals surface area contributed by atoms with Gasteiger partial charge in [0.1, 0.15) is 11.6 Å². The number of nitrogens with one attached hydrogen (secondary N) is 2. The summed E-state index contributed by atoms with van der Waals surface area (Å²) >= 11 is 0. The fourth-order valence-corrected chi connectivity index (χ4v) is 2.44. The Balaban J connectivity index is 1.87. The van der Waals surface area contributed by atoms with E-state index in [1.54, 1.807) is 24.5 Å². The van der Waals surface area contributed by atoms with Gasteiger partial charge in [0.2, 0.25) is 5.95 Å². The Morgan fingerprint density at radius 1 is 1.04 bits per heavy atom. The van der Waals surface area contributed by atoms with E-state index in [2.05, 4.69) is 44.2 Å². The van der Waals surface area contributed by atoms with Crippen LogP contribution in [-0.2, 0) is 0 Å². The quantitative estimate of drug-likeness (QED) is 0.562. The molecule has 8 heteroatoms. The molecule has 146 valence electrons. The molecule has 2 aromatic heterocycles. The molecule has 1 aromatic carbocycles. The second-order valence-corrected chi connectivity index (χ2v) is 6.18. The molecule has 0 spiro atoms. The van der Waals surface area contributed by atoms with Crippen molar-refractivity contribution < 1.29 is 13.5 Å². The number of rotatable bonds is 8. The summed E-state index contributed by atoms with van der Waals surface area (Å²) < 4.78 is 28.9. The van der Waals surface area contributed by atoms with Crippen molar-refractivity contribution >= 4 is 17.5 Å². The van der Waals surface area contributed by atoms with Crippen molar-refractivity contribution in [2.24, 2.45) is 0 Å². The molecule has 6 nitrogen and oxygen atoms in total. The summed E-state index contributed by atoms with van der Waals surface area (Å²) in [6, 6.07) is 12.0. The lowest BCUT2D eigenvalue weighted by Gasteiger charge is -2.15. The third kappa shape index (κ3) is 5.35. The van der Waals surface area contributed by atoms with Crippen molar-refractivity contribution in [2.45, 2.75) is 32.9 Å². The van der Waals surface area contributed by atoms with Crippen molar-refractivity contribution in [1.29, 1.82) is 0 Å². The van der Waals surface area contributed by atoms with Gasteiger partial charge < -0.3 is 15.4 Å². The van der Waals surface area contributed by atoms with Crippen LogP contribution in [0.15, 0.2) is 54.9 Å². The Kier molecular flexibility index (Phi) is 6.31. The first-order valence-electron chi connectivity index (χ1n) is 8.91. The third-order valence-electron chi connectivity index (χ3n) is 4.04. The van der Waals surface area contributed by atoms with Gasteiger partial charge >= 0.3 is 6.61 Å². The molecular formula is C20H21F2N5O. The number of alkyl halides is 2. The lowest BCUT2D eigenvalue weighted by molar-refractivity contribution is -0.0498. The maximum absolute atomic E-state index is 12.3. The van der Waals surface area contributed by atoms with Crippen LogP contribution in [0.2, 0.25) is 0 Å². The highest BCUT2D eigenvalue weighted by molar-refractivity contribution is 5.67. The van der Waals surface area contributed by atoms with Gasteiger partial charge in [-0.05, 0) is 49.7 Å². The molecule has 0 aliphatic heterocycles. The minimum Gasteiger partial charge on any atom is -0.435 e. The molecule has 0 radical (unpaired) electrons. The molecular weight excluding hydrogens is 364 g/mol. The van der Waals surface area contributed by atoms with Crippen molar-refractivity contribution in [3.8, 4) is 17.0 Å². The zero-order chi connectivity index (χ0) is 19.9. The van der Waals surface area contributed by atoms with Crippen LogP contribution in [-0.4, -0.2) is 27.6 Å². The van der Waals surface area contributed by atoms with Crippen molar-refractivity contribution in [2.75, 3.05) is 10.6 Å². The minimum absolute atomic E-state index is 0.0971. The second-order valence-electron chi connectivity index (χ2n) is 6.18. The van der Waals surface area contributed by atoms with Gasteiger partial charge in [0.25, 0.3) is 0 Å². The first-order chi connectivity index (χ1) is 13.5. The van der Waals surface area contributed by atoms with Crippen LogP contribution in [0.25, 0.3) is 11.3 Å². The number of ether oxygens (including phenoxy) is 1. The molecule has 0 bridgehead atoms. The highest BCUT2D eigenvalue weighted by Gasteiger charge is 2.10. The molecule has 3 rings (SSSR count). The molecule has 0 aliphatic rings. The molecule has 0 saturated heterocycles. The number of aromatic nitrogens is 3. The second kappa shape index (κ2) is 9.07. The third-order valence-corrected chi connectivity index (χ3v) is 4.04. The average molecular weight is 385 g/mol. The molecule has 0 unspecified atom stereocenters. The fraction of sp³-hybridized carbons (Fsp3) is 0.250. The van der Waals surface area contributed by atoms with Crippen LogP contribution in [0.4, 0.5) is 26.2 Å². The molecule has 0 fully saturated rings. The topological polar surface area (TPSA) is 72.0 Å². The lowest BCUT2D eigenvalue weighted by atomic mass is 10.2. The average Bonchev–Trinajstić information content (AvgIpc) is 2.69. The Bertz CT molecular complexity index is 891. The van der Waals surface area contributed by atoms with Crippen LogP contribution in [0.3, 0.4) is 0 Å².